The van der Waals surface area contributed by atoms with Gasteiger partial charge in [-0.3, -0.25) is 0 Å². The lowest BCUT2D eigenvalue weighted by molar-refractivity contribution is 0.0688. The van der Waals surface area contributed by atoms with Crippen LogP contribution in [-0.4, -0.2) is 21.0 Å². The Bertz CT molecular complexity index is 708. The average Bonchev–Trinajstić information content (AvgIpc) is 2.44. The van der Waals surface area contributed by atoms with E-state index in [-0.39, 0.29) is 11.5 Å². The van der Waals surface area contributed by atoms with Crippen LogP contribution in [0.5, 0.6) is 0 Å². The summed E-state index contributed by atoms with van der Waals surface area (Å²) in [7, 11) is 0. The highest BCUT2D eigenvalue weighted by atomic mass is 35.5. The topological polar surface area (TPSA) is 63.1 Å². The van der Waals surface area contributed by atoms with Gasteiger partial charge in [-0.1, -0.05) is 29.3 Å². The maximum atomic E-state index is 12.8. The molecule has 0 aliphatic heterocycles. The number of nitrogens with zero attached hydrogens (tertiary/aromatic N) is 2. The molecule has 0 bridgehead atoms. The molecular weight excluding hydrogens is 318 g/mol. The van der Waals surface area contributed by atoms with E-state index in [2.05, 4.69) is 9.97 Å². The molecule has 1 aromatic heterocycles. The third-order valence-electron chi connectivity index (χ3n) is 2.97. The minimum Gasteiger partial charge on any atom is -0.477 e. The highest BCUT2D eigenvalue weighted by Crippen LogP contribution is 2.24. The van der Waals surface area contributed by atoms with Crippen LogP contribution in [0.25, 0.3) is 0 Å². The number of aromatic nitrogens is 2. The molecule has 0 unspecified atom stereocenters. The van der Waals surface area contributed by atoms with Crippen molar-refractivity contribution in [3.05, 3.63) is 56.6 Å². The molecule has 1 N–H and O–H groups in total. The largest absolute Gasteiger partial charge is 0.477 e. The first kappa shape index (κ1) is 15.7. The standard InChI is InChI=1S/C14H11Cl2FN2O2/c1-7-11(5-8-2-3-9(15)10(16)4-8)18-12(6-17)19-13(7)14(20)21/h2-4H,5-6H2,1H3,(H,20,21). The van der Waals surface area contributed by atoms with Gasteiger partial charge < -0.3 is 5.11 Å². The molecule has 0 radical (unpaired) electrons. The van der Waals surface area contributed by atoms with Gasteiger partial charge in [0.05, 0.1) is 15.7 Å². The summed E-state index contributed by atoms with van der Waals surface area (Å²) in [5.41, 5.74) is 1.47. The molecule has 4 nitrogen and oxygen atoms in total. The normalized spacial score (nSPS) is 10.7. The van der Waals surface area contributed by atoms with Gasteiger partial charge in [-0.2, -0.15) is 0 Å². The number of alkyl halides is 1. The van der Waals surface area contributed by atoms with Crippen molar-refractivity contribution >= 4 is 29.2 Å². The molecule has 110 valence electrons. The Kier molecular flexibility index (Phi) is 4.75. The summed E-state index contributed by atoms with van der Waals surface area (Å²) < 4.78 is 12.8. The summed E-state index contributed by atoms with van der Waals surface area (Å²) >= 11 is 11.8. The Morgan fingerprint density at radius 1 is 1.29 bits per heavy atom. The predicted octanol–water partition coefficient (Wildman–Crippen LogP) is 3.85. The molecule has 0 spiro atoms. The zero-order valence-electron chi connectivity index (χ0n) is 11.0. The zero-order valence-corrected chi connectivity index (χ0v) is 12.5. The van der Waals surface area contributed by atoms with Crippen LogP contribution >= 0.6 is 23.2 Å². The molecule has 0 saturated heterocycles. The second kappa shape index (κ2) is 6.37. The molecule has 0 atom stereocenters. The number of hydrogen-bond donors (Lipinski definition) is 1. The van der Waals surface area contributed by atoms with Gasteiger partial charge in [0.2, 0.25) is 0 Å². The van der Waals surface area contributed by atoms with Crippen LogP contribution in [0.15, 0.2) is 18.2 Å². The fourth-order valence-corrected chi connectivity index (χ4v) is 2.22. The lowest BCUT2D eigenvalue weighted by Gasteiger charge is -2.10. The van der Waals surface area contributed by atoms with Crippen LogP contribution in [0.4, 0.5) is 4.39 Å². The molecular formula is C14H11Cl2FN2O2. The first-order chi connectivity index (χ1) is 9.92. The fourth-order valence-electron chi connectivity index (χ4n) is 1.90. The fraction of sp³-hybridized carbons (Fsp3) is 0.214. The van der Waals surface area contributed by atoms with Crippen LogP contribution < -0.4 is 0 Å². The maximum Gasteiger partial charge on any atom is 0.354 e. The molecule has 2 aromatic rings. The first-order valence-corrected chi connectivity index (χ1v) is 6.77. The van der Waals surface area contributed by atoms with E-state index < -0.39 is 12.6 Å². The van der Waals surface area contributed by atoms with Crippen LogP contribution in [0.3, 0.4) is 0 Å². The van der Waals surface area contributed by atoms with Gasteiger partial charge in [0.25, 0.3) is 0 Å². The Hall–Kier alpha value is -1.72. The van der Waals surface area contributed by atoms with Crippen LogP contribution in [-0.2, 0) is 13.1 Å². The van der Waals surface area contributed by atoms with Gasteiger partial charge in [0.1, 0.15) is 6.67 Å². The van der Waals surface area contributed by atoms with Crippen molar-refractivity contribution < 1.29 is 14.3 Å². The van der Waals surface area contributed by atoms with Crippen molar-refractivity contribution in [2.75, 3.05) is 0 Å². The molecule has 2 rings (SSSR count). The number of aromatic carboxylic acids is 1. The molecule has 0 aliphatic carbocycles. The number of carbonyl (C=O) groups is 1. The van der Waals surface area contributed by atoms with Crippen molar-refractivity contribution in [2.24, 2.45) is 0 Å². The molecule has 0 amide bonds. The Morgan fingerprint density at radius 3 is 2.57 bits per heavy atom. The second-order valence-corrected chi connectivity index (χ2v) is 5.24. The monoisotopic (exact) mass is 328 g/mol. The van der Waals surface area contributed by atoms with E-state index in [1.54, 1.807) is 25.1 Å². The van der Waals surface area contributed by atoms with Gasteiger partial charge in [0.15, 0.2) is 11.5 Å². The highest BCUT2D eigenvalue weighted by molar-refractivity contribution is 6.42. The lowest BCUT2D eigenvalue weighted by atomic mass is 10.0. The van der Waals surface area contributed by atoms with Crippen molar-refractivity contribution in [3.8, 4) is 0 Å². The molecule has 0 fully saturated rings. The van der Waals surface area contributed by atoms with E-state index in [4.69, 9.17) is 28.3 Å². The van der Waals surface area contributed by atoms with Gasteiger partial charge in [-0.05, 0) is 24.6 Å². The number of hydrogen-bond acceptors (Lipinski definition) is 3. The SMILES string of the molecule is Cc1c(Cc2ccc(Cl)c(Cl)c2)nc(CF)nc1C(=O)O. The second-order valence-electron chi connectivity index (χ2n) is 4.42. The number of carboxylic acid groups (broad SMARTS) is 1. The average molecular weight is 329 g/mol. The molecule has 21 heavy (non-hydrogen) atoms. The molecule has 0 aliphatic rings. The molecule has 1 heterocycles. The van der Waals surface area contributed by atoms with Gasteiger partial charge in [0, 0.05) is 12.0 Å². The Morgan fingerprint density at radius 2 is 2.00 bits per heavy atom. The predicted molar refractivity (Wildman–Crippen MR) is 77.8 cm³/mol. The zero-order chi connectivity index (χ0) is 15.6. The van der Waals surface area contributed by atoms with Crippen molar-refractivity contribution in [3.63, 3.8) is 0 Å². The minimum absolute atomic E-state index is 0.145. The summed E-state index contributed by atoms with van der Waals surface area (Å²) in [6.45, 7) is 0.674. The van der Waals surface area contributed by atoms with Crippen LogP contribution in [0.2, 0.25) is 10.0 Å². The van der Waals surface area contributed by atoms with E-state index >= 15 is 0 Å². The number of carboxylic acids is 1. The molecule has 0 saturated carbocycles. The van der Waals surface area contributed by atoms with Crippen LogP contribution in [0.1, 0.15) is 33.1 Å². The van der Waals surface area contributed by atoms with Crippen molar-refractivity contribution in [1.82, 2.24) is 9.97 Å². The Balaban J connectivity index is 2.45. The van der Waals surface area contributed by atoms with E-state index in [1.165, 1.54) is 0 Å². The van der Waals surface area contributed by atoms with Crippen LogP contribution in [0, 0.1) is 6.92 Å². The van der Waals surface area contributed by atoms with E-state index in [0.29, 0.717) is 27.7 Å². The van der Waals surface area contributed by atoms with E-state index in [9.17, 15) is 9.18 Å². The van der Waals surface area contributed by atoms with Crippen molar-refractivity contribution in [2.45, 2.75) is 20.0 Å². The minimum atomic E-state index is -1.21. The van der Waals surface area contributed by atoms with E-state index in [0.717, 1.165) is 5.56 Å². The summed E-state index contributed by atoms with van der Waals surface area (Å²) in [6.07, 6.45) is 0.318. The molecule has 7 heteroatoms. The van der Waals surface area contributed by atoms with Gasteiger partial charge in [-0.25, -0.2) is 19.2 Å². The van der Waals surface area contributed by atoms with Gasteiger partial charge in [-0.15, -0.1) is 0 Å². The third kappa shape index (κ3) is 3.49. The smallest absolute Gasteiger partial charge is 0.354 e. The maximum absolute atomic E-state index is 12.8. The number of rotatable bonds is 4. The first-order valence-electron chi connectivity index (χ1n) is 6.02. The molecule has 1 aromatic carbocycles. The summed E-state index contributed by atoms with van der Waals surface area (Å²) in [5.74, 6) is -1.35. The van der Waals surface area contributed by atoms with Crippen molar-refractivity contribution in [1.29, 1.82) is 0 Å². The quantitative estimate of drug-likeness (QED) is 0.925. The number of halogens is 3. The Labute approximate surface area is 130 Å². The third-order valence-corrected chi connectivity index (χ3v) is 3.71. The summed E-state index contributed by atoms with van der Waals surface area (Å²) in [6, 6.07) is 5.07. The van der Waals surface area contributed by atoms with Gasteiger partial charge >= 0.3 is 5.97 Å². The summed E-state index contributed by atoms with van der Waals surface area (Å²) in [5, 5.41) is 9.93. The van der Waals surface area contributed by atoms with E-state index in [1.807, 2.05) is 0 Å². The lowest BCUT2D eigenvalue weighted by Crippen LogP contribution is -2.12. The summed E-state index contributed by atoms with van der Waals surface area (Å²) in [4.78, 5) is 18.9. The number of benzene rings is 1. The highest BCUT2D eigenvalue weighted by Gasteiger charge is 2.16.